The minimum absolute atomic E-state index is 0.143. The van der Waals surface area contributed by atoms with Gasteiger partial charge in [-0.25, -0.2) is 0 Å². The molecule has 25 heavy (non-hydrogen) atoms. The summed E-state index contributed by atoms with van der Waals surface area (Å²) in [5.41, 5.74) is 2.95. The van der Waals surface area contributed by atoms with E-state index in [9.17, 15) is 9.59 Å². The van der Waals surface area contributed by atoms with Crippen LogP contribution >= 0.6 is 15.9 Å². The van der Waals surface area contributed by atoms with E-state index < -0.39 is 0 Å². The topological polar surface area (TPSA) is 82.0 Å². The third kappa shape index (κ3) is 4.06. The summed E-state index contributed by atoms with van der Waals surface area (Å²) in [7, 11) is 0. The quantitative estimate of drug-likeness (QED) is 0.821. The van der Waals surface area contributed by atoms with Crippen molar-refractivity contribution in [1.82, 2.24) is 0 Å². The molecular weight excluding hydrogens is 382 g/mol. The first-order chi connectivity index (χ1) is 12.0. The number of halogens is 1. The zero-order valence-electron chi connectivity index (χ0n) is 13.5. The Balaban J connectivity index is 1.55. The van der Waals surface area contributed by atoms with E-state index in [2.05, 4.69) is 26.6 Å². The first kappa shape index (κ1) is 17.2. The van der Waals surface area contributed by atoms with Crippen LogP contribution in [0.2, 0.25) is 0 Å². The molecule has 126 valence electrons. The lowest BCUT2D eigenvalue weighted by atomic mass is 10.2. The summed E-state index contributed by atoms with van der Waals surface area (Å²) in [5.74, 6) is -0.936. The molecule has 3 rings (SSSR count). The molecule has 5 nitrogen and oxygen atoms in total. The third-order valence-corrected chi connectivity index (χ3v) is 5.04. The van der Waals surface area contributed by atoms with Crippen LogP contribution in [0, 0.1) is 30.1 Å². The number of amides is 2. The molecule has 0 bridgehead atoms. The third-order valence-electron chi connectivity index (χ3n) is 4.18. The molecule has 2 amide bonds. The number of carbonyl (C=O) groups excluding carboxylic acids is 2. The lowest BCUT2D eigenvalue weighted by Gasteiger charge is -2.07. The molecule has 2 atom stereocenters. The zero-order valence-corrected chi connectivity index (χ0v) is 15.1. The summed E-state index contributed by atoms with van der Waals surface area (Å²) in [5, 5.41) is 14.4. The van der Waals surface area contributed by atoms with Gasteiger partial charge in [0.1, 0.15) is 0 Å². The largest absolute Gasteiger partial charge is 0.326 e. The second kappa shape index (κ2) is 7.08. The monoisotopic (exact) mass is 397 g/mol. The molecule has 2 aromatic carbocycles. The van der Waals surface area contributed by atoms with Crippen molar-refractivity contribution in [3.63, 3.8) is 0 Å². The molecule has 1 aliphatic carbocycles. The second-order valence-electron chi connectivity index (χ2n) is 6.08. The number of rotatable bonds is 4. The Kier molecular flexibility index (Phi) is 4.86. The fourth-order valence-corrected chi connectivity index (χ4v) is 2.92. The molecule has 1 aliphatic rings. The van der Waals surface area contributed by atoms with Gasteiger partial charge in [0.25, 0.3) is 0 Å². The van der Waals surface area contributed by atoms with E-state index in [1.54, 1.807) is 24.3 Å². The van der Waals surface area contributed by atoms with Gasteiger partial charge in [-0.2, -0.15) is 5.26 Å². The predicted octanol–water partition coefficient (Wildman–Crippen LogP) is 3.84. The van der Waals surface area contributed by atoms with Gasteiger partial charge in [-0.15, -0.1) is 0 Å². The average Bonchev–Trinajstić information content (AvgIpc) is 3.40. The number of anilines is 2. The summed E-state index contributed by atoms with van der Waals surface area (Å²) in [4.78, 5) is 24.5. The number of hydrogen-bond acceptors (Lipinski definition) is 3. The Labute approximate surface area is 154 Å². The normalized spacial score (nSPS) is 18.1. The van der Waals surface area contributed by atoms with Crippen LogP contribution in [0.5, 0.6) is 0 Å². The summed E-state index contributed by atoms with van der Waals surface area (Å²) >= 11 is 3.44. The van der Waals surface area contributed by atoms with Crippen LogP contribution in [0.3, 0.4) is 0 Å². The van der Waals surface area contributed by atoms with Crippen LogP contribution in [0.15, 0.2) is 46.9 Å². The van der Waals surface area contributed by atoms with Crippen LogP contribution in [-0.4, -0.2) is 11.8 Å². The fraction of sp³-hybridized carbons (Fsp3) is 0.211. The van der Waals surface area contributed by atoms with Crippen LogP contribution in [-0.2, 0) is 9.59 Å². The van der Waals surface area contributed by atoms with Crippen molar-refractivity contribution in [2.75, 3.05) is 10.6 Å². The smallest absolute Gasteiger partial charge is 0.228 e. The molecule has 1 fully saturated rings. The maximum atomic E-state index is 12.3. The van der Waals surface area contributed by atoms with E-state index in [1.807, 2.05) is 31.2 Å². The van der Waals surface area contributed by atoms with Crippen LogP contribution in [0.25, 0.3) is 0 Å². The van der Waals surface area contributed by atoms with Crippen LogP contribution in [0.1, 0.15) is 17.5 Å². The zero-order chi connectivity index (χ0) is 18.0. The first-order valence-electron chi connectivity index (χ1n) is 7.86. The van der Waals surface area contributed by atoms with Gasteiger partial charge >= 0.3 is 0 Å². The lowest BCUT2D eigenvalue weighted by molar-refractivity contribution is -0.122. The molecule has 0 aromatic heterocycles. The molecule has 0 radical (unpaired) electrons. The van der Waals surface area contributed by atoms with Crippen molar-refractivity contribution in [3.05, 3.63) is 58.1 Å². The highest BCUT2D eigenvalue weighted by molar-refractivity contribution is 9.10. The van der Waals surface area contributed by atoms with Crippen LogP contribution in [0.4, 0.5) is 11.4 Å². The van der Waals surface area contributed by atoms with E-state index in [0.717, 1.165) is 10.0 Å². The molecule has 0 spiro atoms. The minimum atomic E-state index is -0.315. The number of carbonyl (C=O) groups is 2. The summed E-state index contributed by atoms with van der Waals surface area (Å²) in [6, 6.07) is 14.3. The van der Waals surface area contributed by atoms with E-state index >= 15 is 0 Å². The minimum Gasteiger partial charge on any atom is -0.326 e. The van der Waals surface area contributed by atoms with Crippen molar-refractivity contribution in [2.45, 2.75) is 13.3 Å². The highest BCUT2D eigenvalue weighted by atomic mass is 79.9. The van der Waals surface area contributed by atoms with Gasteiger partial charge in [0.2, 0.25) is 11.8 Å². The van der Waals surface area contributed by atoms with Gasteiger partial charge in [-0.05, 0) is 55.3 Å². The molecule has 2 N–H and O–H groups in total. The SMILES string of the molecule is Cc1ccc(NC(=O)C2CC2C(=O)Nc2ccc(C#N)cc2)cc1Br. The van der Waals surface area contributed by atoms with Gasteiger partial charge in [-0.3, -0.25) is 9.59 Å². The number of aryl methyl sites for hydroxylation is 1. The number of nitrogens with one attached hydrogen (secondary N) is 2. The Morgan fingerprint density at radius 2 is 1.60 bits per heavy atom. The highest BCUT2D eigenvalue weighted by Crippen LogP contribution is 2.40. The average molecular weight is 398 g/mol. The Morgan fingerprint density at radius 1 is 1.04 bits per heavy atom. The van der Waals surface area contributed by atoms with E-state index in [4.69, 9.17) is 5.26 Å². The predicted molar refractivity (Wildman–Crippen MR) is 98.9 cm³/mol. The van der Waals surface area contributed by atoms with Crippen LogP contribution < -0.4 is 10.6 Å². The summed E-state index contributed by atoms with van der Waals surface area (Å²) in [6.07, 6.45) is 0.543. The highest BCUT2D eigenvalue weighted by Gasteiger charge is 2.48. The Morgan fingerprint density at radius 3 is 2.16 bits per heavy atom. The lowest BCUT2D eigenvalue weighted by Crippen LogP contribution is -2.20. The standard InChI is InChI=1S/C19H16BrN3O2/c1-11-2-5-14(8-17(11)20)23-19(25)16-9-15(16)18(24)22-13-6-3-12(10-21)4-7-13/h2-8,15-16H,9H2,1H3,(H,22,24)(H,23,25). The van der Waals surface area contributed by atoms with Crippen molar-refractivity contribution in [1.29, 1.82) is 5.26 Å². The Bertz CT molecular complexity index is 871. The molecule has 2 unspecified atom stereocenters. The Hall–Kier alpha value is -2.65. The molecule has 2 aromatic rings. The first-order valence-corrected chi connectivity index (χ1v) is 8.65. The molecule has 6 heteroatoms. The molecule has 0 saturated heterocycles. The van der Waals surface area contributed by atoms with Crippen molar-refractivity contribution < 1.29 is 9.59 Å². The summed E-state index contributed by atoms with van der Waals surface area (Å²) in [6.45, 7) is 1.97. The van der Waals surface area contributed by atoms with Crippen molar-refractivity contribution >= 4 is 39.1 Å². The van der Waals surface area contributed by atoms with E-state index in [0.29, 0.717) is 23.4 Å². The molecule has 0 aliphatic heterocycles. The van der Waals surface area contributed by atoms with Gasteiger partial charge in [-0.1, -0.05) is 22.0 Å². The van der Waals surface area contributed by atoms with E-state index in [1.165, 1.54) is 0 Å². The van der Waals surface area contributed by atoms with Gasteiger partial charge in [0, 0.05) is 15.8 Å². The van der Waals surface area contributed by atoms with Crippen molar-refractivity contribution in [2.24, 2.45) is 11.8 Å². The number of nitriles is 1. The molecule has 1 saturated carbocycles. The second-order valence-corrected chi connectivity index (χ2v) is 6.93. The maximum absolute atomic E-state index is 12.3. The molecule has 0 heterocycles. The molecular formula is C19H16BrN3O2. The number of benzene rings is 2. The van der Waals surface area contributed by atoms with Gasteiger partial charge in [0.05, 0.1) is 23.5 Å². The van der Waals surface area contributed by atoms with E-state index in [-0.39, 0.29) is 23.7 Å². The number of hydrogen-bond donors (Lipinski definition) is 2. The number of nitrogens with zero attached hydrogens (tertiary/aromatic N) is 1. The summed E-state index contributed by atoms with van der Waals surface area (Å²) < 4.78 is 0.927. The maximum Gasteiger partial charge on any atom is 0.228 e. The van der Waals surface area contributed by atoms with Crippen molar-refractivity contribution in [3.8, 4) is 6.07 Å². The fourth-order valence-electron chi connectivity index (χ4n) is 2.54. The van der Waals surface area contributed by atoms with Gasteiger partial charge in [0.15, 0.2) is 0 Å². The van der Waals surface area contributed by atoms with Gasteiger partial charge < -0.3 is 10.6 Å².